The molecule has 11 aromatic rings. The molecular formula is C76H93FN27O41P5. The second-order valence-electron chi connectivity index (χ2n) is 35.4. The van der Waals surface area contributed by atoms with Crippen molar-refractivity contribution in [2.24, 2.45) is 0 Å². The summed E-state index contributed by atoms with van der Waals surface area (Å²) in [4.78, 5) is 212. The number of piperazine rings is 1. The molecular weight excluding hydrogens is 2120 g/mol. The maximum absolute atomic E-state index is 16.4. The first-order valence-corrected chi connectivity index (χ1v) is 52.4. The third-order valence-corrected chi connectivity index (χ3v) is 30.5. The number of likely N-dealkylation sites (N-methyl/N-ethyl adjacent to an activating group) is 1. The topological polar surface area (TPSA) is 948 Å². The molecule has 10 aromatic heterocycles. The zero-order valence-electron chi connectivity index (χ0n) is 77.4. The Morgan fingerprint density at radius 3 is 1.41 bits per heavy atom. The van der Waals surface area contributed by atoms with Gasteiger partial charge in [0.05, 0.1) is 69.0 Å². The fourth-order valence-corrected chi connectivity index (χ4v) is 23.1. The van der Waals surface area contributed by atoms with Crippen LogP contribution >= 0.6 is 39.1 Å². The normalized spacial score (nSPS) is 30.2. The van der Waals surface area contributed by atoms with Crippen LogP contribution in [0, 0.1) is 12.7 Å². The van der Waals surface area contributed by atoms with E-state index < -0.39 is 329 Å². The van der Waals surface area contributed by atoms with Gasteiger partial charge in [-0.3, -0.25) is 112 Å². The lowest BCUT2D eigenvalue weighted by molar-refractivity contribution is -0.0656. The van der Waals surface area contributed by atoms with Crippen molar-refractivity contribution in [2.75, 3.05) is 113 Å². The number of phosphoric acid groups is 5. The van der Waals surface area contributed by atoms with E-state index in [-0.39, 0.29) is 57.3 Å². The molecule has 810 valence electrons. The predicted octanol–water partition coefficient (Wildman–Crippen LogP) is -6.58. The van der Waals surface area contributed by atoms with E-state index in [1.54, 1.807) is 16.4 Å². The third kappa shape index (κ3) is 21.2. The van der Waals surface area contributed by atoms with Crippen LogP contribution in [0.15, 0.2) is 102 Å². The molecule has 29 atom stereocenters. The summed E-state index contributed by atoms with van der Waals surface area (Å²) < 4.78 is 192. The zero-order valence-corrected chi connectivity index (χ0v) is 81.9. The minimum absolute atomic E-state index is 0.00881. The smallest absolute Gasteiger partial charge is 0.472 e. The van der Waals surface area contributed by atoms with Gasteiger partial charge in [0.2, 0.25) is 17.3 Å². The molecule has 18 heterocycles. The Balaban J connectivity index is 0.557. The first-order valence-electron chi connectivity index (χ1n) is 44.9. The highest BCUT2D eigenvalue weighted by molar-refractivity contribution is 7.48. The number of pyridine rings is 1. The molecule has 0 radical (unpaired) electrons. The predicted molar refractivity (Wildman–Crippen MR) is 495 cm³/mol. The molecule has 150 heavy (non-hydrogen) atoms. The van der Waals surface area contributed by atoms with E-state index in [0.29, 0.717) is 35.3 Å². The number of hydrogen-bond acceptors (Lipinski definition) is 52. The molecule has 0 spiro atoms. The molecule has 0 aliphatic carbocycles. The van der Waals surface area contributed by atoms with Crippen LogP contribution in [-0.4, -0.2) is 341 Å². The van der Waals surface area contributed by atoms with Crippen LogP contribution in [0.1, 0.15) is 72.7 Å². The summed E-state index contributed by atoms with van der Waals surface area (Å²) in [6, 6.07) is 2.53. The number of nitrogens with two attached hydrogens (primary N) is 5. The maximum atomic E-state index is 16.4. The van der Waals surface area contributed by atoms with Gasteiger partial charge in [0, 0.05) is 69.5 Å². The van der Waals surface area contributed by atoms with Gasteiger partial charge in [-0.1, -0.05) is 0 Å². The van der Waals surface area contributed by atoms with Crippen molar-refractivity contribution >= 4 is 124 Å². The quantitative estimate of drug-likeness (QED) is 0.0164. The number of amides is 1. The number of rotatable bonds is 35. The van der Waals surface area contributed by atoms with Gasteiger partial charge in [0.15, 0.2) is 76.5 Å². The minimum atomic E-state index is -6.10. The number of aliphatic hydroxyl groups is 6. The number of halogens is 1. The first-order chi connectivity index (χ1) is 70.9. The molecule has 0 bridgehead atoms. The highest BCUT2D eigenvalue weighted by Gasteiger charge is 2.58. The highest BCUT2D eigenvalue weighted by atomic mass is 31.2. The minimum Gasteiger partial charge on any atom is -0.487 e. The van der Waals surface area contributed by atoms with E-state index in [2.05, 4.69) is 70.0 Å². The number of aromatic nitrogens is 19. The fraction of sp³-hybridized carbons (Fsp3) is 0.513. The Morgan fingerprint density at radius 1 is 0.500 bits per heavy atom. The van der Waals surface area contributed by atoms with Crippen LogP contribution in [0.5, 0.6) is 5.75 Å². The lowest BCUT2D eigenvalue weighted by Gasteiger charge is -2.37. The SMILES string of the molecule is Cc1cn([C@H]2C[C@H](OP(=O)(O)OC[C@H]3O[C@@H](n4cnc5c(=O)[nH]c(N)nc54)[C@H](O)[C@@H]3OP(=O)(O)OC[C@H]3O[C@@H](n4ccc(N)nc4=O)[C@H](O)[C@@H]3OP(=O)(O)OC[C@H]3O[C@@H](n4cnc5c(=O)[nH]c(N)nc54)[C@H](O)[C@@H]3OP(=O)(O)OC[C@H]3O[C@@H](n4ccc(N)nc4=O)[C@H](O)[C@@H]3OP(=O)(O)OC[C@H]3O[C@@H](n4cnc5c(N)ncnc54)[C@H](O)[C@@H]3O)[C@@H](CNC(=O)c3cn4c5c(c(N6CCN(C)CC6)c(F)cc5c3=O)OCC4C)O2)c(=O)[nH]c1=O. The number of hydrogen-bond donors (Lipinski definition) is 20. The Kier molecular flexibility index (Phi) is 29.3. The van der Waals surface area contributed by atoms with Crippen molar-refractivity contribution in [1.29, 1.82) is 0 Å². The van der Waals surface area contributed by atoms with Gasteiger partial charge in [-0.05, 0) is 39.1 Å². The summed E-state index contributed by atoms with van der Waals surface area (Å²) in [6.07, 6.45) is -40.2. The van der Waals surface area contributed by atoms with Gasteiger partial charge in [-0.25, -0.2) is 66.5 Å². The zero-order chi connectivity index (χ0) is 107. The molecule has 74 heteroatoms. The number of benzene rings is 1. The van der Waals surface area contributed by atoms with Crippen molar-refractivity contribution in [3.05, 3.63) is 158 Å². The van der Waals surface area contributed by atoms with Crippen LogP contribution in [0.4, 0.5) is 39.4 Å². The summed E-state index contributed by atoms with van der Waals surface area (Å²) in [6.45, 7) is -2.50. The summed E-state index contributed by atoms with van der Waals surface area (Å²) in [5.41, 5.74) is 20.0. The average molecular weight is 2210 g/mol. The van der Waals surface area contributed by atoms with E-state index in [9.17, 15) is 116 Å². The number of ether oxygens (including phenoxy) is 7. The number of H-pyrrole nitrogens is 3. The molecule has 7 saturated heterocycles. The largest absolute Gasteiger partial charge is 0.487 e. The maximum Gasteiger partial charge on any atom is 0.472 e. The molecule has 7 fully saturated rings. The number of anilines is 6. The molecule has 8 aliphatic rings. The molecule has 25 N–H and O–H groups in total. The first kappa shape index (κ1) is 107. The summed E-state index contributed by atoms with van der Waals surface area (Å²) in [7, 11) is -27.7. The number of aryl methyl sites for hydroxylation is 1. The van der Waals surface area contributed by atoms with E-state index in [4.69, 9.17) is 107 Å². The number of carbonyl (C=O) groups is 1. The van der Waals surface area contributed by atoms with Gasteiger partial charge >= 0.3 is 56.2 Å². The van der Waals surface area contributed by atoms with Gasteiger partial charge in [0.1, 0.15) is 151 Å². The van der Waals surface area contributed by atoms with Crippen LogP contribution in [0.3, 0.4) is 0 Å². The number of nitrogens with zero attached hydrogens (tertiary/aromatic N) is 18. The lowest BCUT2D eigenvalue weighted by atomic mass is 10.0. The van der Waals surface area contributed by atoms with Crippen molar-refractivity contribution < 1.29 is 166 Å². The van der Waals surface area contributed by atoms with E-state index in [1.807, 2.05) is 7.05 Å². The molecule has 68 nitrogen and oxygen atoms in total. The van der Waals surface area contributed by atoms with Crippen molar-refractivity contribution in [1.82, 2.24) is 102 Å². The van der Waals surface area contributed by atoms with Crippen LogP contribution in [0.2, 0.25) is 0 Å². The Bertz CT molecular complexity index is 7800. The highest BCUT2D eigenvalue weighted by Crippen LogP contribution is 2.58. The summed E-state index contributed by atoms with van der Waals surface area (Å²) in [5.74, 6) is -3.71. The molecule has 1 aromatic carbocycles. The molecule has 19 rings (SSSR count). The molecule has 6 unspecified atom stereocenters. The molecule has 8 aliphatic heterocycles. The summed E-state index contributed by atoms with van der Waals surface area (Å²) in [5, 5.41) is 72.8. The van der Waals surface area contributed by atoms with Crippen molar-refractivity contribution in [3.63, 3.8) is 0 Å². The van der Waals surface area contributed by atoms with Crippen LogP contribution in [-0.2, 0) is 96.5 Å². The summed E-state index contributed by atoms with van der Waals surface area (Å²) >= 11 is 0. The standard InChI is InChI=1S/C76H93FN27O41P5/c1-27-15-101(76(118)95-63(27)112)41-13-32(33(135-41)14-83-64(113)30-16-100-28(2)17-129-58-45(100)29(47(30)105)12-31(77)46(58)97-10-8-96(3)9-11-97)141-146(119,120)131-19-37-56(52(110)70(139-37)103-25-87-43-61(103)91-72(81)93-65(43)114)144-149(125,126)133-21-36-55(51(109)69(138-36)99-7-5-40(79)90-75(99)117)143-148(123,124)134-22-38-57(53(111)71(140-38)104-26-88-44-62(104)92-73(82)94-66(44)115)145-150(127,128)132-20-35-54(50(108)68(137-35)98-6-4-39(78)89-74(98)116)142-147(121,122)130-18-34-48(106)49(107)67(136-34)102-24-86-42-59(80)84-23-85-60(42)102/h4-7,12,15-16,23-26,28,32-38,41,48-57,67-71,106-111H,8-11,13-14,17-22H2,1-3H3,(H,83,113)(H,119,120)(H,121,122)(H,123,124)(H,125,126)(H,127,128)(H2,78,89,116)(H2,79,90,117)(H2,80,84,85)(H,95,112,118)(H3,81,91,93,114)(H3,82,92,94,115)/t28?,32-,33+,34+,35+,36+,37+,38+,41+,48+,49+,50+,51+,52+,53+,54+,55+,56+,57+,67+,68+,69+,70+,71+/m0/s1. The van der Waals surface area contributed by atoms with E-state index in [0.717, 1.165) is 80.4 Å². The number of carbonyl (C=O) groups excluding carboxylic acids is 1. The van der Waals surface area contributed by atoms with E-state index in [1.165, 1.54) is 13.1 Å². The number of imidazole rings is 3. The fourth-order valence-electron chi connectivity index (χ4n) is 18.2. The molecule has 0 saturated carbocycles. The number of nitrogens with one attached hydrogen (secondary N) is 4. The third-order valence-electron chi connectivity index (χ3n) is 25.5. The monoisotopic (exact) mass is 2210 g/mol. The number of fused-ring (bicyclic) bond motifs is 3. The lowest BCUT2D eigenvalue weighted by Crippen LogP contribution is -2.45. The number of aliphatic hydroxyl groups excluding tert-OH is 6. The Labute approximate surface area is 832 Å². The van der Waals surface area contributed by atoms with Gasteiger partial charge in [-0.15, -0.1) is 0 Å². The van der Waals surface area contributed by atoms with Gasteiger partial charge in [0.25, 0.3) is 22.6 Å². The van der Waals surface area contributed by atoms with Crippen LogP contribution < -0.4 is 82.8 Å². The second-order valence-corrected chi connectivity index (χ2v) is 42.5. The Morgan fingerprint density at radius 2 is 0.933 bits per heavy atom. The van der Waals surface area contributed by atoms with Crippen molar-refractivity contribution in [2.45, 2.75) is 167 Å². The Hall–Kier alpha value is -11.9. The van der Waals surface area contributed by atoms with E-state index >= 15 is 4.39 Å². The van der Waals surface area contributed by atoms with Crippen LogP contribution in [0.25, 0.3) is 44.4 Å². The number of phosphoric ester groups is 5. The average Bonchev–Trinajstić information content (AvgIpc) is 1.41. The number of aromatic amines is 3. The van der Waals surface area contributed by atoms with Crippen molar-refractivity contribution in [3.8, 4) is 5.75 Å². The van der Waals surface area contributed by atoms with Gasteiger partial charge in [-0.2, -0.15) is 19.9 Å². The second kappa shape index (κ2) is 41.3. The van der Waals surface area contributed by atoms with Gasteiger partial charge < -0.3 is 137 Å². The number of nitrogen functional groups attached to an aromatic ring is 5. The molecule has 1 amide bonds.